The highest BCUT2D eigenvalue weighted by Gasteiger charge is 2.39. The second-order valence-electron chi connectivity index (χ2n) is 3.78. The van der Waals surface area contributed by atoms with Crippen molar-refractivity contribution in [3.05, 3.63) is 0 Å². The van der Waals surface area contributed by atoms with E-state index in [4.69, 9.17) is 5.73 Å². The fraction of sp³-hybridized carbons (Fsp3) is 1.00. The first-order valence-corrected chi connectivity index (χ1v) is 5.85. The molecule has 1 fully saturated rings. The molecular formula is C7H13F2NO2S. The maximum Gasteiger partial charge on any atom is 0.245 e. The summed E-state index contributed by atoms with van der Waals surface area (Å²) in [6.07, 6.45) is -0.437. The monoisotopic (exact) mass is 213 g/mol. The van der Waals surface area contributed by atoms with Gasteiger partial charge in [-0.1, -0.05) is 0 Å². The van der Waals surface area contributed by atoms with Crippen molar-refractivity contribution in [2.75, 3.05) is 11.5 Å². The zero-order valence-corrected chi connectivity index (χ0v) is 8.15. The Kier molecular flexibility index (Phi) is 2.64. The maximum atomic E-state index is 12.5. The molecule has 0 aliphatic carbocycles. The molecule has 0 amide bonds. The van der Waals surface area contributed by atoms with Crippen LogP contribution in [0.25, 0.3) is 0 Å². The summed E-state index contributed by atoms with van der Waals surface area (Å²) >= 11 is 0. The summed E-state index contributed by atoms with van der Waals surface area (Å²) in [6, 6.07) is -0.629. The number of sulfone groups is 1. The first-order valence-electron chi connectivity index (χ1n) is 4.03. The van der Waals surface area contributed by atoms with E-state index in [1.54, 1.807) is 0 Å². The van der Waals surface area contributed by atoms with Crippen molar-refractivity contribution in [3.8, 4) is 0 Å². The Balaban J connectivity index is 2.64. The van der Waals surface area contributed by atoms with Crippen LogP contribution in [0.15, 0.2) is 0 Å². The fourth-order valence-electron chi connectivity index (χ4n) is 1.62. The third-order valence-electron chi connectivity index (χ3n) is 2.14. The molecule has 0 spiro atoms. The number of rotatable bonds is 2. The van der Waals surface area contributed by atoms with Crippen molar-refractivity contribution < 1.29 is 17.2 Å². The number of hydrogen-bond donors (Lipinski definition) is 1. The predicted molar refractivity (Wildman–Crippen MR) is 45.4 cm³/mol. The lowest BCUT2D eigenvalue weighted by atomic mass is 9.97. The highest BCUT2D eigenvalue weighted by atomic mass is 32.2. The number of halogens is 2. The summed E-state index contributed by atoms with van der Waals surface area (Å²) in [4.78, 5) is 0. The molecule has 0 bridgehead atoms. The van der Waals surface area contributed by atoms with Crippen molar-refractivity contribution in [1.82, 2.24) is 0 Å². The molecule has 0 aromatic heterocycles. The lowest BCUT2D eigenvalue weighted by Gasteiger charge is -2.17. The summed E-state index contributed by atoms with van der Waals surface area (Å²) in [6.45, 7) is 0.782. The third kappa shape index (κ3) is 3.19. The standard InChI is InChI=1S/C7H13F2NO2S/c1-7(8,9)2-5-3-13(11,12)4-6(5)10/h5-6H,2-4,10H2,1H3. The highest BCUT2D eigenvalue weighted by Crippen LogP contribution is 2.29. The van der Waals surface area contributed by atoms with E-state index in [9.17, 15) is 17.2 Å². The molecule has 2 unspecified atom stereocenters. The number of nitrogens with two attached hydrogens (primary N) is 1. The summed E-state index contributed by atoms with van der Waals surface area (Å²) in [5.41, 5.74) is 5.45. The van der Waals surface area contributed by atoms with Gasteiger partial charge in [0.15, 0.2) is 9.84 Å². The molecule has 0 radical (unpaired) electrons. The van der Waals surface area contributed by atoms with Crippen LogP contribution in [0.1, 0.15) is 13.3 Å². The highest BCUT2D eigenvalue weighted by molar-refractivity contribution is 7.91. The molecule has 6 heteroatoms. The van der Waals surface area contributed by atoms with Crippen molar-refractivity contribution in [3.63, 3.8) is 0 Å². The fourth-order valence-corrected chi connectivity index (χ4v) is 3.63. The van der Waals surface area contributed by atoms with Crippen LogP contribution in [0.3, 0.4) is 0 Å². The van der Waals surface area contributed by atoms with Crippen LogP contribution in [0.5, 0.6) is 0 Å². The molecule has 1 aliphatic rings. The molecule has 2 atom stereocenters. The largest absolute Gasteiger partial charge is 0.326 e. The van der Waals surface area contributed by atoms with Crippen molar-refractivity contribution in [1.29, 1.82) is 0 Å². The van der Waals surface area contributed by atoms with Crippen molar-refractivity contribution in [2.45, 2.75) is 25.3 Å². The summed E-state index contributed by atoms with van der Waals surface area (Å²) in [5.74, 6) is -3.78. The molecular weight excluding hydrogens is 200 g/mol. The van der Waals surface area contributed by atoms with Gasteiger partial charge in [0.05, 0.1) is 11.5 Å². The average Bonchev–Trinajstić information content (AvgIpc) is 2.00. The van der Waals surface area contributed by atoms with Gasteiger partial charge < -0.3 is 5.73 Å². The van der Waals surface area contributed by atoms with Gasteiger partial charge in [-0.25, -0.2) is 17.2 Å². The Bertz CT molecular complexity index is 283. The van der Waals surface area contributed by atoms with Gasteiger partial charge in [-0.2, -0.15) is 0 Å². The van der Waals surface area contributed by atoms with E-state index >= 15 is 0 Å². The van der Waals surface area contributed by atoms with Gasteiger partial charge in [0, 0.05) is 12.5 Å². The van der Waals surface area contributed by atoms with E-state index in [2.05, 4.69) is 0 Å². The normalized spacial score (nSPS) is 33.5. The van der Waals surface area contributed by atoms with E-state index in [-0.39, 0.29) is 11.5 Å². The Hall–Kier alpha value is -0.230. The van der Waals surface area contributed by atoms with Gasteiger partial charge in [0.2, 0.25) is 5.92 Å². The van der Waals surface area contributed by atoms with Crippen LogP contribution >= 0.6 is 0 Å². The van der Waals surface area contributed by atoms with Crippen molar-refractivity contribution >= 4 is 9.84 Å². The SMILES string of the molecule is CC(F)(F)CC1CS(=O)(=O)CC1N. The summed E-state index contributed by atoms with van der Waals surface area (Å²) in [7, 11) is -3.18. The van der Waals surface area contributed by atoms with Gasteiger partial charge in [-0.15, -0.1) is 0 Å². The van der Waals surface area contributed by atoms with Gasteiger partial charge in [0.25, 0.3) is 0 Å². The molecule has 1 heterocycles. The zero-order valence-electron chi connectivity index (χ0n) is 7.33. The minimum absolute atomic E-state index is 0.159. The molecule has 0 aromatic rings. The lowest BCUT2D eigenvalue weighted by molar-refractivity contribution is -0.00220. The smallest absolute Gasteiger partial charge is 0.245 e. The average molecular weight is 213 g/mol. The van der Waals surface area contributed by atoms with E-state index in [1.165, 1.54) is 0 Å². The topological polar surface area (TPSA) is 60.2 Å². The first kappa shape index (κ1) is 10.8. The van der Waals surface area contributed by atoms with Gasteiger partial charge in [-0.05, 0) is 12.8 Å². The third-order valence-corrected chi connectivity index (χ3v) is 3.97. The second-order valence-corrected chi connectivity index (χ2v) is 5.93. The Morgan fingerprint density at radius 1 is 1.46 bits per heavy atom. The second kappa shape index (κ2) is 3.16. The van der Waals surface area contributed by atoms with Gasteiger partial charge in [-0.3, -0.25) is 0 Å². The van der Waals surface area contributed by atoms with Gasteiger partial charge in [0.1, 0.15) is 0 Å². The zero-order chi connectivity index (χ0) is 10.3. The summed E-state index contributed by atoms with van der Waals surface area (Å²) < 4.78 is 47.1. The minimum atomic E-state index is -3.18. The van der Waals surface area contributed by atoms with Crippen LogP contribution in [-0.4, -0.2) is 31.9 Å². The predicted octanol–water partition coefficient (Wildman–Crippen LogP) is 0.404. The van der Waals surface area contributed by atoms with Crippen LogP contribution in [0.4, 0.5) is 8.78 Å². The lowest BCUT2D eigenvalue weighted by Crippen LogP contribution is -2.32. The molecule has 1 rings (SSSR count). The number of hydrogen-bond acceptors (Lipinski definition) is 3. The van der Waals surface area contributed by atoms with E-state index in [0.717, 1.165) is 6.92 Å². The maximum absolute atomic E-state index is 12.5. The first-order chi connectivity index (χ1) is 5.70. The van der Waals surface area contributed by atoms with Crippen LogP contribution in [0.2, 0.25) is 0 Å². The molecule has 3 nitrogen and oxygen atoms in total. The molecule has 78 valence electrons. The Labute approximate surface area is 76.2 Å². The van der Waals surface area contributed by atoms with Gasteiger partial charge >= 0.3 is 0 Å². The Morgan fingerprint density at radius 3 is 2.31 bits per heavy atom. The Morgan fingerprint density at radius 2 is 2.00 bits per heavy atom. The van der Waals surface area contributed by atoms with E-state index < -0.39 is 34.1 Å². The molecule has 0 saturated carbocycles. The van der Waals surface area contributed by atoms with E-state index in [1.807, 2.05) is 0 Å². The summed E-state index contributed by atoms with van der Waals surface area (Å²) in [5, 5.41) is 0. The molecule has 0 aromatic carbocycles. The van der Waals surface area contributed by atoms with Crippen LogP contribution < -0.4 is 5.73 Å². The van der Waals surface area contributed by atoms with E-state index in [0.29, 0.717) is 0 Å². The van der Waals surface area contributed by atoms with Crippen LogP contribution in [-0.2, 0) is 9.84 Å². The molecule has 2 N–H and O–H groups in total. The molecule has 1 aliphatic heterocycles. The minimum Gasteiger partial charge on any atom is -0.326 e. The molecule has 1 saturated heterocycles. The quantitative estimate of drug-likeness (QED) is 0.722. The van der Waals surface area contributed by atoms with Crippen LogP contribution in [0, 0.1) is 5.92 Å². The molecule has 13 heavy (non-hydrogen) atoms. The number of alkyl halides is 2. The van der Waals surface area contributed by atoms with Crippen molar-refractivity contribution in [2.24, 2.45) is 11.7 Å².